The van der Waals surface area contributed by atoms with E-state index >= 15 is 0 Å². The van der Waals surface area contributed by atoms with Crippen LogP contribution in [0.4, 0.5) is 0 Å². The number of halogens is 1. The fourth-order valence-electron chi connectivity index (χ4n) is 2.76. The molecule has 0 atom stereocenters. The summed E-state index contributed by atoms with van der Waals surface area (Å²) >= 11 is 7.93. The average molecular weight is 382 g/mol. The lowest BCUT2D eigenvalue weighted by Crippen LogP contribution is -2.01. The van der Waals surface area contributed by atoms with Crippen molar-refractivity contribution in [2.75, 3.05) is 0 Å². The normalized spacial score (nSPS) is 11.2. The number of hydrogen-bond acceptors (Lipinski definition) is 5. The second-order valence-corrected chi connectivity index (χ2v) is 7.38. The Bertz CT molecular complexity index is 1090. The number of thioether (sulfide) groups is 1. The molecular weight excluding hydrogens is 366 g/mol. The van der Waals surface area contributed by atoms with Gasteiger partial charge < -0.3 is 0 Å². The summed E-state index contributed by atoms with van der Waals surface area (Å²) in [4.78, 5) is 4.52. The number of benzene rings is 2. The van der Waals surface area contributed by atoms with Crippen molar-refractivity contribution in [1.82, 2.24) is 25.2 Å². The van der Waals surface area contributed by atoms with E-state index in [1.54, 1.807) is 4.68 Å². The lowest BCUT2D eigenvalue weighted by atomic mass is 10.1. The highest BCUT2D eigenvalue weighted by molar-refractivity contribution is 7.98. The summed E-state index contributed by atoms with van der Waals surface area (Å²) in [5, 5.41) is 14.4. The molecule has 0 N–H and O–H groups in total. The lowest BCUT2D eigenvalue weighted by Gasteiger charge is -2.08. The highest BCUT2D eigenvalue weighted by atomic mass is 35.5. The molecule has 0 saturated heterocycles. The number of rotatable bonds is 4. The number of para-hydroxylation sites is 1. The van der Waals surface area contributed by atoms with Gasteiger partial charge in [0.05, 0.1) is 11.2 Å². The van der Waals surface area contributed by atoms with Crippen LogP contribution in [0.2, 0.25) is 5.15 Å². The Labute approximate surface area is 160 Å². The van der Waals surface area contributed by atoms with Gasteiger partial charge in [0.2, 0.25) is 5.16 Å². The van der Waals surface area contributed by atoms with E-state index in [0.717, 1.165) is 32.9 Å². The van der Waals surface area contributed by atoms with E-state index in [-0.39, 0.29) is 0 Å². The van der Waals surface area contributed by atoms with Crippen molar-refractivity contribution in [2.24, 2.45) is 0 Å². The van der Waals surface area contributed by atoms with E-state index in [1.165, 1.54) is 17.3 Å². The predicted molar refractivity (Wildman–Crippen MR) is 105 cm³/mol. The van der Waals surface area contributed by atoms with Crippen molar-refractivity contribution in [3.63, 3.8) is 0 Å². The maximum Gasteiger partial charge on any atom is 0.214 e. The van der Waals surface area contributed by atoms with Crippen molar-refractivity contribution < 1.29 is 0 Å². The number of aromatic nitrogens is 5. The van der Waals surface area contributed by atoms with Crippen LogP contribution in [-0.2, 0) is 5.75 Å². The molecule has 130 valence electrons. The molecule has 0 radical (unpaired) electrons. The summed E-state index contributed by atoms with van der Waals surface area (Å²) in [7, 11) is 0. The first kappa shape index (κ1) is 17.0. The zero-order valence-corrected chi connectivity index (χ0v) is 15.9. The Kier molecular flexibility index (Phi) is 4.61. The molecule has 2 aromatic heterocycles. The molecule has 2 heterocycles. The van der Waals surface area contributed by atoms with Crippen LogP contribution in [-0.4, -0.2) is 25.2 Å². The first-order valence-electron chi connectivity index (χ1n) is 8.15. The first-order valence-corrected chi connectivity index (χ1v) is 9.51. The Hall–Kier alpha value is -2.44. The topological polar surface area (TPSA) is 56.5 Å². The third-order valence-electron chi connectivity index (χ3n) is 4.14. The minimum atomic E-state index is 0.519. The third-order valence-corrected chi connectivity index (χ3v) is 5.44. The quantitative estimate of drug-likeness (QED) is 0.376. The van der Waals surface area contributed by atoms with Crippen LogP contribution in [0, 0.1) is 13.8 Å². The molecule has 0 aliphatic rings. The molecule has 0 amide bonds. The van der Waals surface area contributed by atoms with Gasteiger partial charge in [0, 0.05) is 16.7 Å². The number of pyridine rings is 1. The summed E-state index contributed by atoms with van der Waals surface area (Å²) in [6.07, 6.45) is 0. The highest BCUT2D eigenvalue weighted by Crippen LogP contribution is 2.28. The number of fused-ring (bicyclic) bond motifs is 1. The second kappa shape index (κ2) is 7.05. The van der Waals surface area contributed by atoms with Crippen molar-refractivity contribution >= 4 is 34.3 Å². The van der Waals surface area contributed by atoms with E-state index in [2.05, 4.69) is 38.7 Å². The molecule has 7 heteroatoms. The summed E-state index contributed by atoms with van der Waals surface area (Å²) < 4.78 is 1.76. The van der Waals surface area contributed by atoms with Crippen LogP contribution < -0.4 is 0 Å². The molecular formula is C19H16ClN5S. The number of hydrogen-bond donors (Lipinski definition) is 0. The van der Waals surface area contributed by atoms with Crippen LogP contribution in [0.3, 0.4) is 0 Å². The molecule has 0 saturated carbocycles. The monoisotopic (exact) mass is 381 g/mol. The van der Waals surface area contributed by atoms with Crippen LogP contribution in [0.1, 0.15) is 16.7 Å². The Morgan fingerprint density at radius 3 is 2.77 bits per heavy atom. The number of aryl methyl sites for hydroxylation is 2. The lowest BCUT2D eigenvalue weighted by molar-refractivity contribution is 0.752. The van der Waals surface area contributed by atoms with E-state index in [4.69, 9.17) is 11.6 Å². The van der Waals surface area contributed by atoms with E-state index < -0.39 is 0 Å². The van der Waals surface area contributed by atoms with Crippen molar-refractivity contribution in [3.8, 4) is 5.69 Å². The van der Waals surface area contributed by atoms with Gasteiger partial charge in [0.1, 0.15) is 5.15 Å². The summed E-state index contributed by atoms with van der Waals surface area (Å²) in [6.45, 7) is 4.09. The molecule has 0 aliphatic heterocycles. The maximum absolute atomic E-state index is 6.39. The average Bonchev–Trinajstić information content (AvgIpc) is 3.08. The zero-order valence-electron chi connectivity index (χ0n) is 14.3. The summed E-state index contributed by atoms with van der Waals surface area (Å²) in [5.41, 5.74) is 5.13. The molecule has 4 aromatic rings. The van der Waals surface area contributed by atoms with Gasteiger partial charge in [-0.15, -0.1) is 5.10 Å². The predicted octanol–water partition coefficient (Wildman–Crippen LogP) is 4.77. The molecule has 2 aromatic carbocycles. The van der Waals surface area contributed by atoms with E-state index in [9.17, 15) is 0 Å². The van der Waals surface area contributed by atoms with Crippen molar-refractivity contribution in [1.29, 1.82) is 0 Å². The van der Waals surface area contributed by atoms with E-state index in [1.807, 2.05) is 44.2 Å². The standard InChI is InChI=1S/C19H16ClN5S/c1-12-7-8-14-10-15(18(20)21-16(14)9-12)11-26-19-22-23-24-25(19)17-6-4-3-5-13(17)2/h3-10H,11H2,1-2H3. The minimum Gasteiger partial charge on any atom is -0.236 e. The van der Waals surface area contributed by atoms with Gasteiger partial charge in [-0.2, -0.15) is 4.68 Å². The van der Waals surface area contributed by atoms with Gasteiger partial charge in [0.15, 0.2) is 0 Å². The fraction of sp³-hybridized carbons (Fsp3) is 0.158. The Morgan fingerprint density at radius 1 is 1.08 bits per heavy atom. The minimum absolute atomic E-state index is 0.519. The van der Waals surface area contributed by atoms with Crippen LogP contribution >= 0.6 is 23.4 Å². The molecule has 4 rings (SSSR count). The smallest absolute Gasteiger partial charge is 0.214 e. The van der Waals surface area contributed by atoms with Crippen LogP contribution in [0.25, 0.3) is 16.6 Å². The van der Waals surface area contributed by atoms with Gasteiger partial charge in [0.25, 0.3) is 0 Å². The molecule has 5 nitrogen and oxygen atoms in total. The van der Waals surface area contributed by atoms with E-state index in [0.29, 0.717) is 10.9 Å². The molecule has 0 aliphatic carbocycles. The van der Waals surface area contributed by atoms with Crippen molar-refractivity contribution in [2.45, 2.75) is 24.8 Å². The summed E-state index contributed by atoms with van der Waals surface area (Å²) in [6, 6.07) is 16.3. The fourth-order valence-corrected chi connectivity index (χ4v) is 3.91. The molecule has 26 heavy (non-hydrogen) atoms. The largest absolute Gasteiger partial charge is 0.236 e. The number of nitrogens with zero attached hydrogens (tertiary/aromatic N) is 5. The van der Waals surface area contributed by atoms with Gasteiger partial charge in [-0.3, -0.25) is 0 Å². The molecule has 0 fully saturated rings. The highest BCUT2D eigenvalue weighted by Gasteiger charge is 2.13. The zero-order chi connectivity index (χ0) is 18.1. The van der Waals surface area contributed by atoms with Crippen LogP contribution in [0.5, 0.6) is 0 Å². The van der Waals surface area contributed by atoms with Crippen molar-refractivity contribution in [3.05, 3.63) is 70.4 Å². The van der Waals surface area contributed by atoms with Gasteiger partial charge in [-0.1, -0.05) is 53.7 Å². The maximum atomic E-state index is 6.39. The number of tetrazole rings is 1. The van der Waals surface area contributed by atoms with Gasteiger partial charge in [-0.25, -0.2) is 4.98 Å². The Balaban J connectivity index is 1.62. The SMILES string of the molecule is Cc1ccc2cc(CSc3nnnn3-c3ccccc3C)c(Cl)nc2c1. The second-order valence-electron chi connectivity index (χ2n) is 6.08. The Morgan fingerprint density at radius 2 is 1.92 bits per heavy atom. The van der Waals surface area contributed by atoms with Crippen LogP contribution in [0.15, 0.2) is 53.7 Å². The summed E-state index contributed by atoms with van der Waals surface area (Å²) in [5.74, 6) is 0.641. The van der Waals surface area contributed by atoms with Gasteiger partial charge in [-0.05, 0) is 53.6 Å². The van der Waals surface area contributed by atoms with Gasteiger partial charge >= 0.3 is 0 Å². The molecule has 0 unspecified atom stereocenters. The molecule has 0 spiro atoms. The molecule has 0 bridgehead atoms. The third kappa shape index (κ3) is 3.30. The first-order chi connectivity index (χ1) is 12.6.